The molecule has 6 nitrogen and oxygen atoms in total. The third-order valence-electron chi connectivity index (χ3n) is 2.23. The zero-order chi connectivity index (χ0) is 14.5. The van der Waals surface area contributed by atoms with Crippen LogP contribution in [0.15, 0.2) is 36.4 Å². The molecule has 0 amide bonds. The molecule has 19 heavy (non-hydrogen) atoms. The Balaban J connectivity index is 0.000000224. The van der Waals surface area contributed by atoms with Gasteiger partial charge < -0.3 is 15.3 Å². The predicted octanol–water partition coefficient (Wildman–Crippen LogP) is 1.12. The Morgan fingerprint density at radius 3 is 2.16 bits per heavy atom. The van der Waals surface area contributed by atoms with Crippen LogP contribution in [0, 0.1) is 0 Å². The van der Waals surface area contributed by atoms with Gasteiger partial charge in [0.05, 0.1) is 12.4 Å². The molecule has 0 bridgehead atoms. The Kier molecular flexibility index (Phi) is 5.11. The molecule has 2 rings (SSSR count). The molecule has 4 N–H and O–H groups in total. The van der Waals surface area contributed by atoms with Crippen LogP contribution in [0.5, 0.6) is 11.5 Å². The quantitative estimate of drug-likeness (QED) is 0.486. The van der Waals surface area contributed by atoms with Crippen molar-refractivity contribution < 1.29 is 28.3 Å². The number of phenols is 2. The lowest BCUT2D eigenvalue weighted by atomic mass is 10.1. The van der Waals surface area contributed by atoms with Crippen molar-refractivity contribution in [3.8, 4) is 11.5 Å². The first-order valence-corrected chi connectivity index (χ1v) is 6.92. The smallest absolute Gasteiger partial charge is 0.267 e. The summed E-state index contributed by atoms with van der Waals surface area (Å²) < 4.78 is 27.1. The van der Waals surface area contributed by atoms with Crippen LogP contribution in [0.25, 0.3) is 10.8 Å². The summed E-state index contributed by atoms with van der Waals surface area (Å²) in [6.45, 7) is -0.529. The average Bonchev–Trinajstić information content (AvgIpc) is 2.34. The van der Waals surface area contributed by atoms with E-state index in [0.29, 0.717) is 5.39 Å². The molecule has 7 heteroatoms. The summed E-state index contributed by atoms with van der Waals surface area (Å²) in [6, 6.07) is 10.6. The van der Waals surface area contributed by atoms with E-state index in [1.54, 1.807) is 12.1 Å². The van der Waals surface area contributed by atoms with Gasteiger partial charge in [-0.25, -0.2) is 0 Å². The van der Waals surface area contributed by atoms with Crippen LogP contribution in [0.4, 0.5) is 0 Å². The van der Waals surface area contributed by atoms with Gasteiger partial charge in [0.15, 0.2) is 11.5 Å². The van der Waals surface area contributed by atoms with Crippen molar-refractivity contribution in [3.05, 3.63) is 36.4 Å². The minimum Gasteiger partial charge on any atom is -0.504 e. The molecule has 0 unspecified atom stereocenters. The molecule has 0 radical (unpaired) electrons. The maximum atomic E-state index is 9.63. The SMILES string of the molecule is O=S(=O)(O)CCO.Oc1ccc2ccccc2c1O. The fraction of sp³-hybridized carbons (Fsp3) is 0.167. The first kappa shape index (κ1) is 15.2. The van der Waals surface area contributed by atoms with Gasteiger partial charge in [-0.2, -0.15) is 8.42 Å². The van der Waals surface area contributed by atoms with Crippen LogP contribution in [0.2, 0.25) is 0 Å². The monoisotopic (exact) mass is 286 g/mol. The van der Waals surface area contributed by atoms with Gasteiger partial charge in [0.25, 0.3) is 10.1 Å². The van der Waals surface area contributed by atoms with E-state index in [2.05, 4.69) is 0 Å². The first-order chi connectivity index (χ1) is 8.85. The van der Waals surface area contributed by atoms with Gasteiger partial charge in [-0.05, 0) is 11.5 Å². The van der Waals surface area contributed by atoms with E-state index in [9.17, 15) is 13.5 Å². The summed E-state index contributed by atoms with van der Waals surface area (Å²) >= 11 is 0. The highest BCUT2D eigenvalue weighted by Gasteiger charge is 2.02. The van der Waals surface area contributed by atoms with Crippen LogP contribution >= 0.6 is 0 Å². The third-order valence-corrected chi connectivity index (χ3v) is 2.93. The minimum atomic E-state index is -3.92. The molecule has 2 aromatic rings. The van der Waals surface area contributed by atoms with E-state index < -0.39 is 22.5 Å². The van der Waals surface area contributed by atoms with E-state index in [1.807, 2.05) is 18.2 Å². The van der Waals surface area contributed by atoms with Gasteiger partial charge in [0, 0.05) is 5.39 Å². The predicted molar refractivity (Wildman–Crippen MR) is 70.8 cm³/mol. The van der Waals surface area contributed by atoms with Crippen LogP contribution in [-0.2, 0) is 10.1 Å². The molecular formula is C12H14O6S. The molecular weight excluding hydrogens is 272 g/mol. The second kappa shape index (κ2) is 6.37. The third kappa shape index (κ3) is 4.74. The van der Waals surface area contributed by atoms with Crippen molar-refractivity contribution in [1.29, 1.82) is 0 Å². The van der Waals surface area contributed by atoms with Crippen molar-refractivity contribution in [2.75, 3.05) is 12.4 Å². The number of aliphatic hydroxyl groups excluding tert-OH is 1. The lowest BCUT2D eigenvalue weighted by Gasteiger charge is -2.01. The highest BCUT2D eigenvalue weighted by Crippen LogP contribution is 2.32. The topological polar surface area (TPSA) is 115 Å². The Hall–Kier alpha value is -1.83. The lowest BCUT2D eigenvalue weighted by molar-refractivity contribution is 0.315. The van der Waals surface area contributed by atoms with Gasteiger partial charge in [0.2, 0.25) is 0 Å². The maximum Gasteiger partial charge on any atom is 0.267 e. The molecule has 0 fully saturated rings. The Bertz CT molecular complexity index is 650. The number of benzene rings is 2. The fourth-order valence-electron chi connectivity index (χ4n) is 1.36. The number of aromatic hydroxyl groups is 2. The molecule has 0 aromatic heterocycles. The van der Waals surface area contributed by atoms with E-state index >= 15 is 0 Å². The second-order valence-corrected chi connectivity index (χ2v) is 5.24. The molecule has 0 heterocycles. The molecule has 0 saturated heterocycles. The second-order valence-electron chi connectivity index (χ2n) is 3.66. The summed E-state index contributed by atoms with van der Waals surface area (Å²) in [4.78, 5) is 0. The summed E-state index contributed by atoms with van der Waals surface area (Å²) in [5, 5.41) is 28.0. The summed E-state index contributed by atoms with van der Waals surface area (Å²) in [5.41, 5.74) is 0. The molecule has 0 spiro atoms. The summed E-state index contributed by atoms with van der Waals surface area (Å²) in [5.74, 6) is -0.700. The van der Waals surface area contributed by atoms with Crippen LogP contribution in [0.3, 0.4) is 0 Å². The normalized spacial score (nSPS) is 10.8. The lowest BCUT2D eigenvalue weighted by Crippen LogP contribution is -2.06. The highest BCUT2D eigenvalue weighted by atomic mass is 32.2. The highest BCUT2D eigenvalue weighted by molar-refractivity contribution is 7.85. The van der Waals surface area contributed by atoms with Gasteiger partial charge >= 0.3 is 0 Å². The zero-order valence-electron chi connectivity index (χ0n) is 9.89. The van der Waals surface area contributed by atoms with E-state index in [4.69, 9.17) is 14.8 Å². The number of rotatable bonds is 2. The molecule has 0 aliphatic carbocycles. The zero-order valence-corrected chi connectivity index (χ0v) is 10.7. The molecule has 0 saturated carbocycles. The number of phenolic OH excluding ortho intramolecular Hbond substituents is 2. The molecule has 104 valence electrons. The number of fused-ring (bicyclic) bond motifs is 1. The summed E-state index contributed by atoms with van der Waals surface area (Å²) in [6.07, 6.45) is 0. The Morgan fingerprint density at radius 2 is 1.63 bits per heavy atom. The first-order valence-electron chi connectivity index (χ1n) is 5.31. The summed E-state index contributed by atoms with van der Waals surface area (Å²) in [7, 11) is -3.92. The molecule has 0 atom stereocenters. The molecule has 0 aliphatic rings. The average molecular weight is 286 g/mol. The van der Waals surface area contributed by atoms with Gasteiger partial charge in [-0.15, -0.1) is 0 Å². The van der Waals surface area contributed by atoms with Crippen LogP contribution in [-0.4, -0.2) is 40.6 Å². The molecule has 0 aliphatic heterocycles. The van der Waals surface area contributed by atoms with E-state index in [1.165, 1.54) is 6.07 Å². The minimum absolute atomic E-state index is 0.0481. The molecule has 2 aromatic carbocycles. The Morgan fingerprint density at radius 1 is 1.00 bits per heavy atom. The number of hydrogen-bond acceptors (Lipinski definition) is 5. The van der Waals surface area contributed by atoms with Gasteiger partial charge in [-0.3, -0.25) is 4.55 Å². The van der Waals surface area contributed by atoms with Crippen molar-refractivity contribution in [2.24, 2.45) is 0 Å². The van der Waals surface area contributed by atoms with E-state index in [0.717, 1.165) is 5.39 Å². The number of hydrogen-bond donors (Lipinski definition) is 4. The van der Waals surface area contributed by atoms with Crippen molar-refractivity contribution in [1.82, 2.24) is 0 Å². The Labute approximate surface area is 110 Å². The van der Waals surface area contributed by atoms with E-state index in [-0.39, 0.29) is 11.5 Å². The maximum absolute atomic E-state index is 9.63. The standard InChI is InChI=1S/C10H8O2.C2H6O4S/c11-9-6-5-7-3-1-2-4-8(7)10(9)12;3-1-2-7(4,5)6/h1-6,11-12H;3H,1-2H2,(H,4,5,6). The van der Waals surface area contributed by atoms with Gasteiger partial charge in [0.1, 0.15) is 0 Å². The number of aliphatic hydroxyl groups is 1. The van der Waals surface area contributed by atoms with Crippen molar-refractivity contribution in [2.45, 2.75) is 0 Å². The van der Waals surface area contributed by atoms with Crippen molar-refractivity contribution >= 4 is 20.9 Å². The van der Waals surface area contributed by atoms with Crippen LogP contribution in [0.1, 0.15) is 0 Å². The van der Waals surface area contributed by atoms with Crippen LogP contribution < -0.4 is 0 Å². The van der Waals surface area contributed by atoms with Gasteiger partial charge in [-0.1, -0.05) is 30.3 Å². The fourth-order valence-corrected chi connectivity index (χ4v) is 1.59. The van der Waals surface area contributed by atoms with Crippen molar-refractivity contribution in [3.63, 3.8) is 0 Å². The largest absolute Gasteiger partial charge is 0.504 e.